The molecular formula is C15H17Cl2NSn. The topological polar surface area (TPSA) is 3.24 Å². The van der Waals surface area contributed by atoms with Gasteiger partial charge >= 0.3 is 23.9 Å². The largest absolute Gasteiger partial charge is 2.00 e. The third kappa shape index (κ3) is 14.0. The van der Waals surface area contributed by atoms with E-state index in [2.05, 4.69) is 37.2 Å². The van der Waals surface area contributed by atoms with Gasteiger partial charge in [0.05, 0.1) is 0 Å². The Morgan fingerprint density at radius 3 is 1.79 bits per heavy atom. The van der Waals surface area contributed by atoms with E-state index in [-0.39, 0.29) is 48.7 Å². The van der Waals surface area contributed by atoms with Gasteiger partial charge in [-0.2, -0.15) is 0 Å². The smallest absolute Gasteiger partial charge is 1.00 e. The molecule has 0 saturated heterocycles. The van der Waals surface area contributed by atoms with Crippen LogP contribution >= 0.6 is 0 Å². The summed E-state index contributed by atoms with van der Waals surface area (Å²) in [4.78, 5) is 2.13. The summed E-state index contributed by atoms with van der Waals surface area (Å²) in [6, 6.07) is 23.7. The molecule has 2 aromatic carbocycles. The molecule has 0 atom stereocenters. The van der Waals surface area contributed by atoms with Crippen molar-refractivity contribution < 1.29 is 24.8 Å². The van der Waals surface area contributed by atoms with Gasteiger partial charge in [0, 0.05) is 6.54 Å². The molecule has 0 saturated carbocycles. The van der Waals surface area contributed by atoms with Crippen molar-refractivity contribution >= 4 is 23.9 Å². The zero-order valence-corrected chi connectivity index (χ0v) is 15.5. The average molecular weight is 401 g/mol. The average Bonchev–Trinajstić information content (AvgIpc) is 2.32. The molecule has 2 rings (SSSR count). The number of halogens is 2. The molecule has 0 fully saturated rings. The van der Waals surface area contributed by atoms with E-state index in [4.69, 9.17) is 0 Å². The van der Waals surface area contributed by atoms with E-state index < -0.39 is 0 Å². The maximum Gasteiger partial charge on any atom is 2.00 e. The fourth-order valence-corrected chi connectivity index (χ4v) is 1.21. The molecule has 100 valence electrons. The van der Waals surface area contributed by atoms with Crippen LogP contribution in [0.1, 0.15) is 5.56 Å². The van der Waals surface area contributed by atoms with Gasteiger partial charge in [-0.25, -0.2) is 0 Å². The van der Waals surface area contributed by atoms with Crippen LogP contribution in [0.4, 0.5) is 0 Å². The monoisotopic (exact) mass is 401 g/mol. The van der Waals surface area contributed by atoms with Gasteiger partial charge in [-0.05, 0) is 31.8 Å². The van der Waals surface area contributed by atoms with E-state index in [0.717, 1.165) is 6.54 Å². The standard InChI is InChI=1S/C9H12N.C6H5.2ClH.Sn/c1-10(2)8-9-6-4-3-5-7-9;1-2-4-6-5-3-1;;;/h3-6H,8H2,1-2H3;1-5H;2*1H;/q;;;;+2/p-2. The molecule has 0 unspecified atom stereocenters. The fourth-order valence-electron chi connectivity index (χ4n) is 1.21. The maximum atomic E-state index is 3.16. The first-order valence-electron chi connectivity index (χ1n) is 5.30. The van der Waals surface area contributed by atoms with Crippen molar-refractivity contribution in [3.8, 4) is 0 Å². The van der Waals surface area contributed by atoms with Crippen LogP contribution in [0.25, 0.3) is 0 Å². The first-order valence-corrected chi connectivity index (χ1v) is 5.30. The minimum atomic E-state index is 0. The molecular weight excluding hydrogens is 384 g/mol. The molecule has 0 aliphatic rings. The van der Waals surface area contributed by atoms with Crippen molar-refractivity contribution in [3.05, 3.63) is 72.3 Å². The van der Waals surface area contributed by atoms with Crippen LogP contribution < -0.4 is 24.8 Å². The van der Waals surface area contributed by atoms with E-state index in [1.54, 1.807) is 0 Å². The molecule has 0 aliphatic heterocycles. The first-order chi connectivity index (χ1) is 7.79. The molecule has 4 heteroatoms. The second kappa shape index (κ2) is 15.8. The minimum Gasteiger partial charge on any atom is -1.00 e. The predicted molar refractivity (Wildman–Crippen MR) is 73.7 cm³/mol. The molecule has 2 aromatic rings. The summed E-state index contributed by atoms with van der Waals surface area (Å²) < 4.78 is 0. The first kappa shape index (κ1) is 23.8. The van der Waals surface area contributed by atoms with Crippen molar-refractivity contribution in [2.24, 2.45) is 0 Å². The van der Waals surface area contributed by atoms with Crippen LogP contribution in [0.15, 0.2) is 54.6 Å². The van der Waals surface area contributed by atoms with E-state index in [1.165, 1.54) is 5.56 Å². The summed E-state index contributed by atoms with van der Waals surface area (Å²) in [6.45, 7) is 0.973. The molecule has 0 N–H and O–H groups in total. The summed E-state index contributed by atoms with van der Waals surface area (Å²) in [7, 11) is 4.11. The van der Waals surface area contributed by atoms with E-state index in [9.17, 15) is 0 Å². The van der Waals surface area contributed by atoms with E-state index in [0.29, 0.717) is 0 Å². The Hall–Kier alpha value is -0.221. The van der Waals surface area contributed by atoms with Gasteiger partial charge < -0.3 is 29.7 Å². The van der Waals surface area contributed by atoms with Crippen molar-refractivity contribution in [2.45, 2.75) is 6.54 Å². The summed E-state index contributed by atoms with van der Waals surface area (Å²) in [6.07, 6.45) is 0. The minimum absolute atomic E-state index is 0. The SMILES string of the molecule is CN(C)Cc1[c]cccc1.[Cl-].[Cl-].[Sn+2].[c]1ccccc1. The summed E-state index contributed by atoms with van der Waals surface area (Å²) in [5.41, 5.74) is 1.24. The molecule has 1 nitrogen and oxygen atoms in total. The van der Waals surface area contributed by atoms with Crippen LogP contribution in [0.3, 0.4) is 0 Å². The second-order valence-electron chi connectivity index (χ2n) is 3.70. The number of nitrogens with zero attached hydrogens (tertiary/aromatic N) is 1. The zero-order valence-electron chi connectivity index (χ0n) is 11.1. The van der Waals surface area contributed by atoms with Gasteiger partial charge in [0.25, 0.3) is 0 Å². The molecule has 0 amide bonds. The Bertz CT molecular complexity index is 342. The van der Waals surface area contributed by atoms with Crippen LogP contribution in [-0.2, 0) is 6.54 Å². The van der Waals surface area contributed by atoms with Crippen LogP contribution in [-0.4, -0.2) is 42.9 Å². The predicted octanol–water partition coefficient (Wildman–Crippen LogP) is -3.34. The Morgan fingerprint density at radius 2 is 1.47 bits per heavy atom. The third-order valence-corrected chi connectivity index (χ3v) is 1.87. The van der Waals surface area contributed by atoms with Crippen molar-refractivity contribution in [3.63, 3.8) is 0 Å². The number of hydrogen-bond donors (Lipinski definition) is 0. The molecule has 0 aliphatic carbocycles. The summed E-state index contributed by atoms with van der Waals surface area (Å²) in [5, 5.41) is 0. The van der Waals surface area contributed by atoms with Gasteiger partial charge in [-0.15, -0.1) is 0 Å². The molecule has 0 heterocycles. The number of hydrogen-bond acceptors (Lipinski definition) is 1. The van der Waals surface area contributed by atoms with E-state index >= 15 is 0 Å². The molecule has 19 heavy (non-hydrogen) atoms. The summed E-state index contributed by atoms with van der Waals surface area (Å²) >= 11 is 0. The van der Waals surface area contributed by atoms with E-state index in [1.807, 2.05) is 48.5 Å². The number of rotatable bonds is 2. The Kier molecular flexibility index (Phi) is 19.9. The molecule has 4 radical (unpaired) electrons. The Morgan fingerprint density at radius 1 is 0.895 bits per heavy atom. The van der Waals surface area contributed by atoms with Gasteiger partial charge in [0.1, 0.15) is 0 Å². The molecule has 0 aromatic heterocycles. The van der Waals surface area contributed by atoms with Gasteiger partial charge in [-0.1, -0.05) is 54.6 Å². The van der Waals surface area contributed by atoms with Gasteiger partial charge in [-0.3, -0.25) is 0 Å². The third-order valence-electron chi connectivity index (χ3n) is 1.87. The quantitative estimate of drug-likeness (QED) is 0.477. The van der Waals surface area contributed by atoms with Crippen LogP contribution in [0.5, 0.6) is 0 Å². The normalized spacial score (nSPS) is 7.95. The molecule has 0 bridgehead atoms. The van der Waals surface area contributed by atoms with Crippen LogP contribution in [0, 0.1) is 12.1 Å². The number of benzene rings is 2. The Labute approximate surface area is 146 Å². The van der Waals surface area contributed by atoms with Crippen molar-refractivity contribution in [1.29, 1.82) is 0 Å². The maximum absolute atomic E-state index is 3.16. The van der Waals surface area contributed by atoms with Crippen molar-refractivity contribution in [2.75, 3.05) is 14.1 Å². The van der Waals surface area contributed by atoms with Gasteiger partial charge in [0.2, 0.25) is 0 Å². The van der Waals surface area contributed by atoms with Crippen molar-refractivity contribution in [1.82, 2.24) is 4.90 Å². The summed E-state index contributed by atoms with van der Waals surface area (Å²) in [5.74, 6) is 0. The fraction of sp³-hybridized carbons (Fsp3) is 0.200. The van der Waals surface area contributed by atoms with Crippen LogP contribution in [0.2, 0.25) is 0 Å². The zero-order chi connectivity index (χ0) is 11.6. The molecule has 0 spiro atoms. The van der Waals surface area contributed by atoms with Gasteiger partial charge in [0.15, 0.2) is 0 Å². The Balaban J connectivity index is -0.000000252. The second-order valence-corrected chi connectivity index (χ2v) is 3.70.